The molecule has 3 aliphatic carbocycles. The number of nitrogens with one attached hydrogen (secondary N) is 2. The number of likely N-dealkylation sites (N-methyl/N-ethyl adjacent to an activating group) is 1. The highest BCUT2D eigenvalue weighted by Gasteiger charge is 2.61. The molecule has 6 rings (SSSR count). The highest BCUT2D eigenvalue weighted by Crippen LogP contribution is 2.57. The minimum absolute atomic E-state index is 0.0156. The van der Waals surface area contributed by atoms with Crippen LogP contribution in [0.4, 0.5) is 14.0 Å². The van der Waals surface area contributed by atoms with Gasteiger partial charge in [0.15, 0.2) is 5.78 Å². The molecule has 0 unspecified atom stereocenters. The van der Waals surface area contributed by atoms with Crippen LogP contribution in [0, 0.1) is 17.2 Å². The average Bonchev–Trinajstić information content (AvgIpc) is 3.95. The SMILES string of the molecule is C=CC(=O)N(C)CC[C@H](NC(=O)OC1CCCC1)C(=O)N1C[C@H](OC(=O)N2Cc3cccc(F)c3C2)C[C@H]1C(=O)C[C@]1(C(=O)NS(=O)(=O)C2CC2)C[C@H]1C=C. The lowest BCUT2D eigenvalue weighted by Gasteiger charge is -2.30. The second kappa shape index (κ2) is 16.1. The zero-order chi connectivity index (χ0) is 39.7. The fourth-order valence-corrected chi connectivity index (χ4v) is 9.23. The maximum absolute atomic E-state index is 14.5. The highest BCUT2D eigenvalue weighted by atomic mass is 32.2. The number of benzene rings is 1. The number of Topliss-reactive ketones (excluding diaryl/α,β-unsaturated/α-hetero) is 1. The number of hydrogen-bond donors (Lipinski definition) is 2. The van der Waals surface area contributed by atoms with Crippen LogP contribution in [-0.2, 0) is 51.8 Å². The van der Waals surface area contributed by atoms with Gasteiger partial charge in [0.1, 0.15) is 24.1 Å². The lowest BCUT2D eigenvalue weighted by molar-refractivity contribution is -0.141. The number of sulfonamides is 1. The van der Waals surface area contributed by atoms with Crippen molar-refractivity contribution in [2.75, 3.05) is 20.1 Å². The predicted octanol–water partition coefficient (Wildman–Crippen LogP) is 3.08. The first-order valence-electron chi connectivity index (χ1n) is 18.7. The van der Waals surface area contributed by atoms with E-state index in [0.717, 1.165) is 18.9 Å². The Bertz CT molecular complexity index is 1860. The Labute approximate surface area is 319 Å². The van der Waals surface area contributed by atoms with Crippen LogP contribution in [0.3, 0.4) is 0 Å². The van der Waals surface area contributed by atoms with E-state index >= 15 is 0 Å². The van der Waals surface area contributed by atoms with Gasteiger partial charge in [0.05, 0.1) is 29.8 Å². The summed E-state index contributed by atoms with van der Waals surface area (Å²) in [6, 6.07) is 2.03. The zero-order valence-corrected chi connectivity index (χ0v) is 31.7. The zero-order valence-electron chi connectivity index (χ0n) is 30.9. The van der Waals surface area contributed by atoms with Crippen molar-refractivity contribution in [1.82, 2.24) is 24.7 Å². The summed E-state index contributed by atoms with van der Waals surface area (Å²) >= 11 is 0. The van der Waals surface area contributed by atoms with E-state index in [1.54, 1.807) is 12.1 Å². The lowest BCUT2D eigenvalue weighted by Crippen LogP contribution is -2.53. The quantitative estimate of drug-likeness (QED) is 0.198. The topological polar surface area (TPSA) is 189 Å². The molecule has 1 saturated heterocycles. The van der Waals surface area contributed by atoms with Gasteiger partial charge in [-0.1, -0.05) is 24.8 Å². The fourth-order valence-electron chi connectivity index (χ4n) is 7.85. The molecule has 0 aromatic heterocycles. The molecule has 5 amide bonds. The van der Waals surface area contributed by atoms with Crippen molar-refractivity contribution >= 4 is 45.7 Å². The number of carbonyl (C=O) groups is 6. The lowest BCUT2D eigenvalue weighted by atomic mass is 9.91. The van der Waals surface area contributed by atoms with Crippen molar-refractivity contribution in [2.24, 2.45) is 11.3 Å². The van der Waals surface area contributed by atoms with Crippen molar-refractivity contribution in [1.29, 1.82) is 0 Å². The van der Waals surface area contributed by atoms with E-state index in [2.05, 4.69) is 23.2 Å². The Kier molecular flexibility index (Phi) is 11.7. The van der Waals surface area contributed by atoms with E-state index in [4.69, 9.17) is 9.47 Å². The number of ketones is 1. The van der Waals surface area contributed by atoms with Gasteiger partial charge in [-0.05, 0) is 75.0 Å². The summed E-state index contributed by atoms with van der Waals surface area (Å²) in [5.41, 5.74) is -0.422. The number of carbonyl (C=O) groups excluding carboxylic acids is 6. The molecular formula is C38H48FN5O10S. The number of alkyl carbamates (subject to hydrolysis) is 1. The van der Waals surface area contributed by atoms with Crippen LogP contribution >= 0.6 is 0 Å². The molecule has 298 valence electrons. The Morgan fingerprint density at radius 3 is 2.42 bits per heavy atom. The van der Waals surface area contributed by atoms with Crippen LogP contribution in [0.2, 0.25) is 0 Å². The monoisotopic (exact) mass is 785 g/mol. The summed E-state index contributed by atoms with van der Waals surface area (Å²) in [7, 11) is -2.43. The van der Waals surface area contributed by atoms with Gasteiger partial charge in [0.2, 0.25) is 27.7 Å². The van der Waals surface area contributed by atoms with Crippen LogP contribution in [0.5, 0.6) is 0 Å². The summed E-state index contributed by atoms with van der Waals surface area (Å²) in [5.74, 6) is -3.47. The summed E-state index contributed by atoms with van der Waals surface area (Å²) < 4.78 is 53.4. The first-order valence-corrected chi connectivity index (χ1v) is 20.3. The largest absolute Gasteiger partial charge is 0.446 e. The van der Waals surface area contributed by atoms with E-state index in [-0.39, 0.29) is 51.5 Å². The van der Waals surface area contributed by atoms with Crippen molar-refractivity contribution < 1.29 is 51.0 Å². The van der Waals surface area contributed by atoms with E-state index < -0.39 is 92.7 Å². The number of rotatable bonds is 15. The number of nitrogens with zero attached hydrogens (tertiary/aromatic N) is 3. The molecule has 15 nitrogen and oxygen atoms in total. The minimum atomic E-state index is -3.93. The first kappa shape index (κ1) is 39.9. The summed E-state index contributed by atoms with van der Waals surface area (Å²) in [6.45, 7) is 7.06. The predicted molar refractivity (Wildman–Crippen MR) is 195 cm³/mol. The van der Waals surface area contributed by atoms with Crippen LogP contribution < -0.4 is 10.0 Å². The van der Waals surface area contributed by atoms with Gasteiger partial charge < -0.3 is 24.6 Å². The number of ether oxygens (including phenoxy) is 2. The van der Waals surface area contributed by atoms with Crippen LogP contribution in [0.15, 0.2) is 43.5 Å². The van der Waals surface area contributed by atoms with Gasteiger partial charge in [-0.2, -0.15) is 0 Å². The molecule has 4 fully saturated rings. The Hall–Kier alpha value is -4.80. The molecule has 0 bridgehead atoms. The average molecular weight is 786 g/mol. The third-order valence-corrected chi connectivity index (χ3v) is 13.2. The highest BCUT2D eigenvalue weighted by molar-refractivity contribution is 7.90. The van der Waals surface area contributed by atoms with Crippen LogP contribution in [-0.4, -0.2) is 108 Å². The normalized spacial score (nSPS) is 25.0. The van der Waals surface area contributed by atoms with Crippen molar-refractivity contribution in [2.45, 2.75) is 107 Å². The number of likely N-dealkylation sites (tertiary alicyclic amines) is 1. The third kappa shape index (κ3) is 8.86. The third-order valence-electron chi connectivity index (χ3n) is 11.4. The summed E-state index contributed by atoms with van der Waals surface area (Å²) in [4.78, 5) is 84.9. The molecule has 5 aliphatic rings. The standard InChI is InChI=1S/C38H48FN5O10S/c1-4-24-18-38(24,35(48)41-55(51,52)27-13-14-27)19-32(45)31-17-26(54-37(50)43-20-23-9-8-12-29(39)28(23)22-43)21-44(31)34(47)30(15-16-42(3)33(46)5-2)40-36(49)53-25-10-6-7-11-25/h4-5,8-9,12,24-27,30-31H,1-2,6-7,10-11,13-22H2,3H3,(H,40,49)(H,41,48)/t24-,26-,30+,31+,38-/m1/s1. The van der Waals surface area contributed by atoms with Gasteiger partial charge in [-0.3, -0.25) is 28.8 Å². The number of fused-ring (bicyclic) bond motifs is 1. The smallest absolute Gasteiger partial charge is 0.410 e. The molecule has 0 radical (unpaired) electrons. The molecule has 2 heterocycles. The molecular weight excluding hydrogens is 738 g/mol. The molecule has 3 saturated carbocycles. The van der Waals surface area contributed by atoms with Gasteiger partial charge in [0, 0.05) is 38.5 Å². The molecule has 0 spiro atoms. The summed E-state index contributed by atoms with van der Waals surface area (Å²) in [6.07, 6.45) is 3.16. The van der Waals surface area contributed by atoms with Gasteiger partial charge in [-0.15, -0.1) is 6.58 Å². The Balaban J connectivity index is 1.23. The first-order chi connectivity index (χ1) is 26.1. The fraction of sp³-hybridized carbons (Fsp3) is 0.579. The number of allylic oxidation sites excluding steroid dienone is 1. The molecule has 55 heavy (non-hydrogen) atoms. The molecule has 17 heteroatoms. The number of halogens is 1. The molecule has 1 aromatic rings. The van der Waals surface area contributed by atoms with Crippen LogP contribution in [0.25, 0.3) is 0 Å². The second-order valence-electron chi connectivity index (χ2n) is 15.3. The molecule has 1 aromatic carbocycles. The number of hydrogen-bond acceptors (Lipinski definition) is 10. The molecule has 5 atom stereocenters. The number of amides is 5. The van der Waals surface area contributed by atoms with Crippen LogP contribution in [0.1, 0.15) is 75.3 Å². The van der Waals surface area contributed by atoms with Gasteiger partial charge in [0.25, 0.3) is 0 Å². The van der Waals surface area contributed by atoms with E-state index in [1.165, 1.54) is 33.9 Å². The van der Waals surface area contributed by atoms with Crippen molar-refractivity contribution in [3.63, 3.8) is 0 Å². The molecule has 2 N–H and O–H groups in total. The Morgan fingerprint density at radius 1 is 1.05 bits per heavy atom. The van der Waals surface area contributed by atoms with Crippen molar-refractivity contribution in [3.05, 3.63) is 60.5 Å². The second-order valence-corrected chi connectivity index (χ2v) is 17.2. The maximum atomic E-state index is 14.5. The maximum Gasteiger partial charge on any atom is 0.410 e. The van der Waals surface area contributed by atoms with Gasteiger partial charge in [-0.25, -0.2) is 22.4 Å². The van der Waals surface area contributed by atoms with E-state index in [9.17, 15) is 41.6 Å². The van der Waals surface area contributed by atoms with E-state index in [0.29, 0.717) is 36.8 Å². The molecule has 2 aliphatic heterocycles. The van der Waals surface area contributed by atoms with E-state index in [1.807, 2.05) is 0 Å². The minimum Gasteiger partial charge on any atom is -0.446 e. The van der Waals surface area contributed by atoms with Crippen molar-refractivity contribution in [3.8, 4) is 0 Å². The van der Waals surface area contributed by atoms with Gasteiger partial charge >= 0.3 is 12.2 Å². The Morgan fingerprint density at radius 2 is 1.78 bits per heavy atom. The summed E-state index contributed by atoms with van der Waals surface area (Å²) in [5, 5.41) is 1.95.